The van der Waals surface area contributed by atoms with Crippen molar-refractivity contribution in [2.75, 3.05) is 11.9 Å². The van der Waals surface area contributed by atoms with E-state index in [4.69, 9.17) is 4.74 Å². The predicted octanol–water partition coefficient (Wildman–Crippen LogP) is 3.84. The first kappa shape index (κ1) is 18.7. The summed E-state index contributed by atoms with van der Waals surface area (Å²) in [5.74, 6) is -0.665. The van der Waals surface area contributed by atoms with Gasteiger partial charge in [0.1, 0.15) is 11.3 Å². The number of nitrogens with one attached hydrogen (secondary N) is 1. The van der Waals surface area contributed by atoms with Gasteiger partial charge in [-0.2, -0.15) is 0 Å². The molecule has 7 nitrogen and oxygen atoms in total. The smallest absolute Gasteiger partial charge is 0.341 e. The van der Waals surface area contributed by atoms with Gasteiger partial charge in [0, 0.05) is 28.9 Å². The molecule has 0 saturated heterocycles. The van der Waals surface area contributed by atoms with Crippen molar-refractivity contribution in [3.8, 4) is 5.75 Å². The topological polar surface area (TPSA) is 97.6 Å². The third-order valence-corrected chi connectivity index (χ3v) is 5.31. The zero-order chi connectivity index (χ0) is 20.8. The number of rotatable bonds is 2. The zero-order valence-electron chi connectivity index (χ0n) is 16.1. The summed E-state index contributed by atoms with van der Waals surface area (Å²) >= 11 is 0. The number of carbonyl (C=O) groups excluding carboxylic acids is 1. The quantitative estimate of drug-likeness (QED) is 0.691. The Morgan fingerprint density at radius 2 is 1.93 bits per heavy atom. The van der Waals surface area contributed by atoms with Crippen molar-refractivity contribution in [3.05, 3.63) is 70.0 Å². The van der Waals surface area contributed by atoms with Crippen LogP contribution in [0, 0.1) is 0 Å². The summed E-state index contributed by atoms with van der Waals surface area (Å²) in [6.45, 7) is 4.89. The monoisotopic (exact) mass is 392 g/mol. The third kappa shape index (κ3) is 3.24. The molecule has 0 aliphatic carbocycles. The summed E-state index contributed by atoms with van der Waals surface area (Å²) in [6.07, 6.45) is 1.97. The van der Waals surface area contributed by atoms with Gasteiger partial charge >= 0.3 is 12.0 Å². The molecule has 0 unspecified atom stereocenters. The van der Waals surface area contributed by atoms with Crippen LogP contribution in [0.15, 0.2) is 53.5 Å². The van der Waals surface area contributed by atoms with Crippen molar-refractivity contribution >= 4 is 28.6 Å². The van der Waals surface area contributed by atoms with E-state index in [0.717, 1.165) is 28.5 Å². The average Bonchev–Trinajstić information content (AvgIpc) is 2.67. The molecule has 2 heterocycles. The predicted molar refractivity (Wildman–Crippen MR) is 109 cm³/mol. The Morgan fingerprint density at radius 3 is 2.69 bits per heavy atom. The van der Waals surface area contributed by atoms with E-state index in [0.29, 0.717) is 17.8 Å². The number of nitrogens with zero attached hydrogens (tertiary/aromatic N) is 1. The lowest BCUT2D eigenvalue weighted by atomic mass is 9.80. The summed E-state index contributed by atoms with van der Waals surface area (Å²) in [5.41, 5.74) is 0.822. The van der Waals surface area contributed by atoms with E-state index in [2.05, 4.69) is 19.2 Å². The number of carboxylic acids is 1. The number of carboxylic acid groups (broad SMARTS) is 1. The molecule has 29 heavy (non-hydrogen) atoms. The fourth-order valence-corrected chi connectivity index (χ4v) is 3.61. The largest absolute Gasteiger partial charge is 0.493 e. The van der Waals surface area contributed by atoms with Gasteiger partial charge in [-0.1, -0.05) is 32.0 Å². The Hall–Kier alpha value is -3.61. The second-order valence-corrected chi connectivity index (χ2v) is 7.69. The fourth-order valence-electron chi connectivity index (χ4n) is 3.61. The van der Waals surface area contributed by atoms with Gasteiger partial charge in [0.15, 0.2) is 0 Å². The van der Waals surface area contributed by atoms with Crippen LogP contribution in [0.2, 0.25) is 0 Å². The minimum Gasteiger partial charge on any atom is -0.493 e. The number of para-hydroxylation sites is 1. The minimum atomic E-state index is -1.38. The Morgan fingerprint density at radius 1 is 1.17 bits per heavy atom. The highest BCUT2D eigenvalue weighted by Gasteiger charge is 2.28. The van der Waals surface area contributed by atoms with Crippen molar-refractivity contribution in [1.82, 2.24) is 4.57 Å². The number of fused-ring (bicyclic) bond motifs is 2. The van der Waals surface area contributed by atoms with E-state index in [-0.39, 0.29) is 10.8 Å². The lowest BCUT2D eigenvalue weighted by Gasteiger charge is -2.32. The maximum atomic E-state index is 12.9. The highest BCUT2D eigenvalue weighted by molar-refractivity contribution is 6.00. The van der Waals surface area contributed by atoms with E-state index in [1.54, 1.807) is 30.3 Å². The molecule has 1 aliphatic heterocycles. The molecular weight excluding hydrogens is 372 g/mol. The maximum Gasteiger partial charge on any atom is 0.341 e. The Labute approximate surface area is 166 Å². The second-order valence-electron chi connectivity index (χ2n) is 7.69. The van der Waals surface area contributed by atoms with Crippen LogP contribution in [-0.2, 0) is 5.41 Å². The number of amides is 1. The first-order valence-corrected chi connectivity index (χ1v) is 9.24. The van der Waals surface area contributed by atoms with E-state index < -0.39 is 23.0 Å². The van der Waals surface area contributed by atoms with Gasteiger partial charge in [-0.15, -0.1) is 0 Å². The van der Waals surface area contributed by atoms with Crippen molar-refractivity contribution in [2.45, 2.75) is 25.7 Å². The van der Waals surface area contributed by atoms with Crippen molar-refractivity contribution in [3.63, 3.8) is 0 Å². The molecule has 0 spiro atoms. The lowest BCUT2D eigenvalue weighted by molar-refractivity contribution is 0.0695. The summed E-state index contributed by atoms with van der Waals surface area (Å²) < 4.78 is 6.89. The Balaban J connectivity index is 1.75. The number of benzene rings is 2. The van der Waals surface area contributed by atoms with Gasteiger partial charge in [0.05, 0.1) is 12.1 Å². The molecule has 0 bridgehead atoms. The normalized spacial score (nSPS) is 14.7. The highest BCUT2D eigenvalue weighted by Crippen LogP contribution is 2.39. The number of aromatic carboxylic acids is 1. The molecule has 3 aromatic rings. The molecule has 0 fully saturated rings. The summed E-state index contributed by atoms with van der Waals surface area (Å²) in [6, 6.07) is 11.3. The van der Waals surface area contributed by atoms with Crippen LogP contribution < -0.4 is 15.5 Å². The van der Waals surface area contributed by atoms with Gasteiger partial charge < -0.3 is 15.2 Å². The number of pyridine rings is 1. The molecule has 1 amide bonds. The minimum absolute atomic E-state index is 0.0125. The zero-order valence-corrected chi connectivity index (χ0v) is 16.1. The first-order valence-electron chi connectivity index (χ1n) is 9.24. The van der Waals surface area contributed by atoms with Crippen LogP contribution in [0.1, 0.15) is 36.2 Å². The van der Waals surface area contributed by atoms with Crippen molar-refractivity contribution < 1.29 is 19.4 Å². The molecule has 0 saturated carbocycles. The fraction of sp³-hybridized carbons (Fsp3) is 0.227. The summed E-state index contributed by atoms with van der Waals surface area (Å²) in [4.78, 5) is 36.8. The van der Waals surface area contributed by atoms with Crippen LogP contribution in [0.5, 0.6) is 5.75 Å². The van der Waals surface area contributed by atoms with Gasteiger partial charge in [-0.3, -0.25) is 9.36 Å². The van der Waals surface area contributed by atoms with Gasteiger partial charge in [-0.05, 0) is 30.0 Å². The number of aromatic nitrogens is 1. The number of anilines is 1. The molecule has 1 aromatic heterocycles. The molecule has 148 valence electrons. The molecule has 0 atom stereocenters. The van der Waals surface area contributed by atoms with E-state index in [1.165, 1.54) is 6.07 Å². The molecule has 7 heteroatoms. The van der Waals surface area contributed by atoms with Gasteiger partial charge in [-0.25, -0.2) is 9.59 Å². The number of hydrogen-bond donors (Lipinski definition) is 2. The molecule has 2 aromatic carbocycles. The van der Waals surface area contributed by atoms with E-state index in [1.807, 2.05) is 6.07 Å². The highest BCUT2D eigenvalue weighted by atomic mass is 16.5. The van der Waals surface area contributed by atoms with E-state index in [9.17, 15) is 19.5 Å². The van der Waals surface area contributed by atoms with Gasteiger partial charge in [0.25, 0.3) is 0 Å². The first-order chi connectivity index (χ1) is 13.8. The van der Waals surface area contributed by atoms with Crippen LogP contribution in [-0.4, -0.2) is 28.3 Å². The number of hydrogen-bond acceptors (Lipinski definition) is 4. The summed E-state index contributed by atoms with van der Waals surface area (Å²) in [7, 11) is 0. The number of ether oxygens (including phenoxy) is 1. The molecule has 2 N–H and O–H groups in total. The van der Waals surface area contributed by atoms with E-state index >= 15 is 0 Å². The molecule has 1 aliphatic rings. The van der Waals surface area contributed by atoms with Crippen LogP contribution in [0.4, 0.5) is 10.5 Å². The average molecular weight is 392 g/mol. The standard InChI is InChI=1S/C22H20N2O5/c1-22(2)9-10-29-18-11-13(7-8-16(18)22)23-21(28)24-12-15(20(26)27)19(25)14-5-3-4-6-17(14)24/h3-8,11-12H,9-10H2,1-2H3,(H,23,28)(H,26,27). The second kappa shape index (κ2) is 6.77. The maximum absolute atomic E-state index is 12.9. The molecule has 0 radical (unpaired) electrons. The SMILES string of the molecule is CC1(C)CCOc2cc(NC(=O)n3cc(C(=O)O)c(=O)c4ccccc43)ccc21. The van der Waals surface area contributed by atoms with Crippen LogP contribution in [0.3, 0.4) is 0 Å². The lowest BCUT2D eigenvalue weighted by Crippen LogP contribution is -2.27. The Kier molecular flexibility index (Phi) is 4.38. The molecule has 4 rings (SSSR count). The third-order valence-electron chi connectivity index (χ3n) is 5.31. The van der Waals surface area contributed by atoms with Crippen LogP contribution in [0.25, 0.3) is 10.9 Å². The van der Waals surface area contributed by atoms with Gasteiger partial charge in [0.2, 0.25) is 5.43 Å². The Bertz CT molecular complexity index is 1210. The number of carbonyl (C=O) groups is 2. The summed E-state index contributed by atoms with van der Waals surface area (Å²) in [5, 5.41) is 12.3. The van der Waals surface area contributed by atoms with Crippen molar-refractivity contribution in [2.24, 2.45) is 0 Å². The van der Waals surface area contributed by atoms with Crippen molar-refractivity contribution in [1.29, 1.82) is 0 Å². The van der Waals surface area contributed by atoms with Crippen LogP contribution >= 0.6 is 0 Å². The molecular formula is C22H20N2O5.